The van der Waals surface area contributed by atoms with Crippen LogP contribution in [-0.2, 0) is 0 Å². The molecule has 5 heteroatoms. The van der Waals surface area contributed by atoms with E-state index in [0.29, 0.717) is 12.0 Å². The van der Waals surface area contributed by atoms with Gasteiger partial charge < -0.3 is 9.64 Å². The first-order chi connectivity index (χ1) is 14.2. The molecule has 0 N–H and O–H groups in total. The van der Waals surface area contributed by atoms with Crippen molar-refractivity contribution in [3.8, 4) is 5.75 Å². The zero-order valence-corrected chi connectivity index (χ0v) is 17.3. The van der Waals surface area contributed by atoms with Crippen LogP contribution in [0.25, 0.3) is 0 Å². The SMILES string of the molecule is COc1ccccc1N1CCN(CCCCCCC(=O)c2ccc(F)cc2)CC1. The molecule has 1 saturated heterocycles. The number of hydrogen-bond acceptors (Lipinski definition) is 4. The lowest BCUT2D eigenvalue weighted by molar-refractivity contribution is 0.0979. The van der Waals surface area contributed by atoms with Crippen molar-refractivity contribution >= 4 is 11.5 Å². The van der Waals surface area contributed by atoms with Crippen molar-refractivity contribution < 1.29 is 13.9 Å². The van der Waals surface area contributed by atoms with Crippen LogP contribution >= 0.6 is 0 Å². The van der Waals surface area contributed by atoms with E-state index in [1.165, 1.54) is 24.2 Å². The van der Waals surface area contributed by atoms with Crippen LogP contribution < -0.4 is 9.64 Å². The molecule has 0 amide bonds. The number of ether oxygens (including phenoxy) is 1. The molecule has 1 aliphatic rings. The van der Waals surface area contributed by atoms with Gasteiger partial charge in [0.2, 0.25) is 0 Å². The van der Waals surface area contributed by atoms with E-state index in [9.17, 15) is 9.18 Å². The van der Waals surface area contributed by atoms with Crippen LogP contribution in [0.3, 0.4) is 0 Å². The van der Waals surface area contributed by atoms with Gasteiger partial charge in [-0.2, -0.15) is 0 Å². The zero-order valence-electron chi connectivity index (χ0n) is 17.3. The number of benzene rings is 2. The van der Waals surface area contributed by atoms with E-state index in [-0.39, 0.29) is 11.6 Å². The smallest absolute Gasteiger partial charge is 0.162 e. The molecule has 2 aromatic rings. The fraction of sp³-hybridized carbons (Fsp3) is 0.458. The van der Waals surface area contributed by atoms with Crippen molar-refractivity contribution in [2.45, 2.75) is 32.1 Å². The van der Waals surface area contributed by atoms with Crippen molar-refractivity contribution in [3.05, 3.63) is 59.9 Å². The van der Waals surface area contributed by atoms with Crippen LogP contribution in [0.2, 0.25) is 0 Å². The molecule has 29 heavy (non-hydrogen) atoms. The average Bonchev–Trinajstić information content (AvgIpc) is 2.77. The number of hydrogen-bond donors (Lipinski definition) is 0. The maximum Gasteiger partial charge on any atom is 0.162 e. The van der Waals surface area contributed by atoms with E-state index < -0.39 is 0 Å². The van der Waals surface area contributed by atoms with Crippen LogP contribution in [0.4, 0.5) is 10.1 Å². The molecule has 0 unspecified atom stereocenters. The highest BCUT2D eigenvalue weighted by Crippen LogP contribution is 2.28. The van der Waals surface area contributed by atoms with E-state index >= 15 is 0 Å². The maximum atomic E-state index is 12.9. The fourth-order valence-electron chi connectivity index (χ4n) is 3.86. The van der Waals surface area contributed by atoms with E-state index in [4.69, 9.17) is 4.74 Å². The second-order valence-corrected chi connectivity index (χ2v) is 7.59. The Balaban J connectivity index is 1.28. The van der Waals surface area contributed by atoms with Crippen molar-refractivity contribution in [3.63, 3.8) is 0 Å². The number of piperazine rings is 1. The van der Waals surface area contributed by atoms with Gasteiger partial charge in [-0.25, -0.2) is 4.39 Å². The van der Waals surface area contributed by atoms with Gasteiger partial charge in [0.05, 0.1) is 12.8 Å². The van der Waals surface area contributed by atoms with Gasteiger partial charge in [-0.05, 0) is 55.8 Å². The van der Waals surface area contributed by atoms with Crippen LogP contribution in [0, 0.1) is 5.82 Å². The molecule has 2 aromatic carbocycles. The standard InChI is InChI=1S/C24H31FN2O2/c1-29-24-10-6-5-8-22(24)27-18-16-26(17-19-27)15-7-3-2-4-9-23(28)20-11-13-21(25)14-12-20/h5-6,8,10-14H,2-4,7,9,15-19H2,1H3. The Morgan fingerprint density at radius 1 is 0.931 bits per heavy atom. The summed E-state index contributed by atoms with van der Waals surface area (Å²) in [7, 11) is 1.72. The number of halogens is 1. The lowest BCUT2D eigenvalue weighted by atomic mass is 10.0. The third-order valence-electron chi connectivity index (χ3n) is 5.59. The highest BCUT2D eigenvalue weighted by Gasteiger charge is 2.19. The molecule has 0 saturated carbocycles. The van der Waals surface area contributed by atoms with Crippen LogP contribution in [-0.4, -0.2) is 50.5 Å². The second kappa shape index (κ2) is 11.0. The average molecular weight is 399 g/mol. The van der Waals surface area contributed by atoms with Crippen molar-refractivity contribution in [1.82, 2.24) is 4.90 Å². The molecule has 1 heterocycles. The van der Waals surface area contributed by atoms with Crippen LogP contribution in [0.5, 0.6) is 5.75 Å². The largest absolute Gasteiger partial charge is 0.495 e. The van der Waals surface area contributed by atoms with Gasteiger partial charge in [-0.15, -0.1) is 0 Å². The minimum absolute atomic E-state index is 0.109. The first kappa shape index (κ1) is 21.3. The van der Waals surface area contributed by atoms with Gasteiger partial charge in [0, 0.05) is 38.2 Å². The topological polar surface area (TPSA) is 32.8 Å². The molecule has 1 aliphatic heterocycles. The van der Waals surface area contributed by atoms with Crippen molar-refractivity contribution in [2.24, 2.45) is 0 Å². The highest BCUT2D eigenvalue weighted by molar-refractivity contribution is 5.95. The summed E-state index contributed by atoms with van der Waals surface area (Å²) in [4.78, 5) is 17.0. The first-order valence-electron chi connectivity index (χ1n) is 10.6. The summed E-state index contributed by atoms with van der Waals surface area (Å²) in [6, 6.07) is 14.0. The highest BCUT2D eigenvalue weighted by atomic mass is 19.1. The molecule has 0 aliphatic carbocycles. The molecule has 0 atom stereocenters. The van der Waals surface area contributed by atoms with E-state index in [2.05, 4.69) is 21.9 Å². The minimum atomic E-state index is -0.301. The number of Topliss-reactive ketones (excluding diaryl/α,β-unsaturated/α-hetero) is 1. The monoisotopic (exact) mass is 398 g/mol. The predicted octanol–water partition coefficient (Wildman–Crippen LogP) is 4.79. The normalized spacial score (nSPS) is 14.8. The molecule has 156 valence electrons. The first-order valence-corrected chi connectivity index (χ1v) is 10.6. The number of nitrogens with zero attached hydrogens (tertiary/aromatic N) is 2. The third-order valence-corrected chi connectivity index (χ3v) is 5.59. The number of para-hydroxylation sites is 2. The predicted molar refractivity (Wildman–Crippen MR) is 115 cm³/mol. The van der Waals surface area contributed by atoms with Gasteiger partial charge in [0.15, 0.2) is 5.78 Å². The number of unbranched alkanes of at least 4 members (excludes halogenated alkanes) is 3. The quantitative estimate of drug-likeness (QED) is 0.426. The van der Waals surface area contributed by atoms with Crippen molar-refractivity contribution in [2.75, 3.05) is 44.7 Å². The maximum absolute atomic E-state index is 12.9. The molecular weight excluding hydrogens is 367 g/mol. The Bertz CT molecular complexity index is 771. The zero-order chi connectivity index (χ0) is 20.5. The molecule has 3 rings (SSSR count). The van der Waals surface area contributed by atoms with Crippen LogP contribution in [0.15, 0.2) is 48.5 Å². The molecule has 0 spiro atoms. The van der Waals surface area contributed by atoms with Gasteiger partial charge >= 0.3 is 0 Å². The van der Waals surface area contributed by atoms with E-state index in [0.717, 1.165) is 57.7 Å². The summed E-state index contributed by atoms with van der Waals surface area (Å²) < 4.78 is 18.4. The fourth-order valence-corrected chi connectivity index (χ4v) is 3.86. The number of anilines is 1. The number of carbonyl (C=O) groups is 1. The van der Waals surface area contributed by atoms with Gasteiger partial charge in [0.1, 0.15) is 11.6 Å². The summed E-state index contributed by atoms with van der Waals surface area (Å²) in [6.07, 6.45) is 4.82. The lowest BCUT2D eigenvalue weighted by Gasteiger charge is -2.36. The number of ketones is 1. The molecule has 4 nitrogen and oxygen atoms in total. The number of methoxy groups -OCH3 is 1. The molecule has 0 aromatic heterocycles. The Morgan fingerprint density at radius 3 is 2.34 bits per heavy atom. The minimum Gasteiger partial charge on any atom is -0.495 e. The van der Waals surface area contributed by atoms with Crippen molar-refractivity contribution in [1.29, 1.82) is 0 Å². The molecule has 0 bridgehead atoms. The number of carbonyl (C=O) groups excluding carboxylic acids is 1. The Kier molecular flexibility index (Phi) is 8.05. The van der Waals surface area contributed by atoms with Crippen LogP contribution in [0.1, 0.15) is 42.5 Å². The summed E-state index contributed by atoms with van der Waals surface area (Å²) in [6.45, 7) is 5.30. The second-order valence-electron chi connectivity index (χ2n) is 7.59. The summed E-state index contributed by atoms with van der Waals surface area (Å²) in [5.74, 6) is 0.749. The molecule has 1 fully saturated rings. The Labute approximate surface area is 173 Å². The summed E-state index contributed by atoms with van der Waals surface area (Å²) in [5.41, 5.74) is 1.79. The molecule has 0 radical (unpaired) electrons. The molecular formula is C24H31FN2O2. The Hall–Kier alpha value is -2.40. The van der Waals surface area contributed by atoms with Gasteiger partial charge in [-0.3, -0.25) is 9.69 Å². The summed E-state index contributed by atoms with van der Waals surface area (Å²) >= 11 is 0. The van der Waals surface area contributed by atoms with Gasteiger partial charge in [-0.1, -0.05) is 25.0 Å². The summed E-state index contributed by atoms with van der Waals surface area (Å²) in [5, 5.41) is 0. The lowest BCUT2D eigenvalue weighted by Crippen LogP contribution is -2.46. The van der Waals surface area contributed by atoms with E-state index in [1.807, 2.05) is 12.1 Å². The third kappa shape index (κ3) is 6.29. The number of rotatable bonds is 10. The Morgan fingerprint density at radius 2 is 1.62 bits per heavy atom. The van der Waals surface area contributed by atoms with E-state index in [1.54, 1.807) is 19.2 Å². The van der Waals surface area contributed by atoms with Gasteiger partial charge in [0.25, 0.3) is 0 Å².